The number of nitrogens with zero attached hydrogens (tertiary/aromatic N) is 1. The molecule has 1 fully saturated rings. The van der Waals surface area contributed by atoms with Crippen molar-refractivity contribution in [3.05, 3.63) is 80.5 Å². The summed E-state index contributed by atoms with van der Waals surface area (Å²) in [5, 5.41) is 0. The fourth-order valence-electron chi connectivity index (χ4n) is 5.68. The van der Waals surface area contributed by atoms with E-state index in [9.17, 15) is 8.42 Å². The van der Waals surface area contributed by atoms with E-state index in [0.29, 0.717) is 38.0 Å². The zero-order valence-corrected chi connectivity index (χ0v) is 25.3. The molecule has 0 saturated carbocycles. The van der Waals surface area contributed by atoms with Gasteiger partial charge in [-0.25, -0.2) is 8.42 Å². The first-order valence-corrected chi connectivity index (χ1v) is 16.0. The fourth-order valence-corrected chi connectivity index (χ4v) is 8.78. The number of sulfonamides is 1. The van der Waals surface area contributed by atoms with Gasteiger partial charge in [-0.1, -0.05) is 51.1 Å². The Morgan fingerprint density at radius 3 is 2.46 bits per heavy atom. The van der Waals surface area contributed by atoms with E-state index in [1.54, 1.807) is 33.8 Å². The van der Waals surface area contributed by atoms with Crippen molar-refractivity contribution >= 4 is 21.4 Å². The summed E-state index contributed by atoms with van der Waals surface area (Å²) < 4.78 is 47.2. The maximum atomic E-state index is 13.8. The van der Waals surface area contributed by atoms with Crippen LogP contribution in [0.3, 0.4) is 0 Å². The Kier molecular flexibility index (Phi) is 7.97. The van der Waals surface area contributed by atoms with Crippen LogP contribution in [0.2, 0.25) is 0 Å². The van der Waals surface area contributed by atoms with Gasteiger partial charge in [0.1, 0.15) is 16.7 Å². The van der Waals surface area contributed by atoms with E-state index in [0.717, 1.165) is 22.4 Å². The summed E-state index contributed by atoms with van der Waals surface area (Å²) in [4.78, 5) is 2.62. The molecule has 39 heavy (non-hydrogen) atoms. The lowest BCUT2D eigenvalue weighted by atomic mass is 9.85. The first kappa shape index (κ1) is 28.3. The predicted molar refractivity (Wildman–Crippen MR) is 155 cm³/mol. The van der Waals surface area contributed by atoms with Gasteiger partial charge in [0.2, 0.25) is 15.8 Å². The Balaban J connectivity index is 1.50. The largest absolute Gasteiger partial charge is 0.488 e. The van der Waals surface area contributed by atoms with E-state index in [-0.39, 0.29) is 16.9 Å². The molecular weight excluding hydrogens is 530 g/mol. The van der Waals surface area contributed by atoms with Crippen LogP contribution in [-0.4, -0.2) is 38.6 Å². The Morgan fingerprint density at radius 2 is 1.77 bits per heavy atom. The van der Waals surface area contributed by atoms with Crippen molar-refractivity contribution in [2.75, 3.05) is 19.8 Å². The van der Waals surface area contributed by atoms with Crippen LogP contribution in [0.15, 0.2) is 53.4 Å². The molecule has 0 N–H and O–H groups in total. The van der Waals surface area contributed by atoms with Crippen molar-refractivity contribution in [1.82, 2.24) is 4.31 Å². The third-order valence-corrected chi connectivity index (χ3v) is 11.2. The van der Waals surface area contributed by atoms with Crippen LogP contribution in [0.1, 0.15) is 72.0 Å². The van der Waals surface area contributed by atoms with E-state index in [4.69, 9.17) is 14.2 Å². The quantitative estimate of drug-likeness (QED) is 0.316. The first-order valence-electron chi connectivity index (χ1n) is 13.8. The first-order chi connectivity index (χ1) is 18.5. The number of aryl methyl sites for hydroxylation is 2. The lowest BCUT2D eigenvalue weighted by Gasteiger charge is -2.25. The molecule has 6 nitrogen and oxygen atoms in total. The van der Waals surface area contributed by atoms with Crippen LogP contribution < -0.4 is 4.74 Å². The summed E-state index contributed by atoms with van der Waals surface area (Å²) >= 11 is 1.76. The summed E-state index contributed by atoms with van der Waals surface area (Å²) in [5.74, 6) is 0.253. The smallest absolute Gasteiger partial charge is 0.247 e. The molecule has 210 valence electrons. The number of fused-ring (bicyclic) bond motifs is 1. The lowest BCUT2D eigenvalue weighted by Crippen LogP contribution is -2.36. The maximum absolute atomic E-state index is 13.8. The Morgan fingerprint density at radius 1 is 1.05 bits per heavy atom. The average molecular weight is 570 g/mol. The zero-order valence-electron chi connectivity index (χ0n) is 23.7. The molecule has 0 spiro atoms. The van der Waals surface area contributed by atoms with Crippen LogP contribution >= 0.6 is 11.3 Å². The highest BCUT2D eigenvalue weighted by Crippen LogP contribution is 2.44. The van der Waals surface area contributed by atoms with E-state index < -0.39 is 15.8 Å². The second-order valence-corrected chi connectivity index (χ2v) is 14.1. The van der Waals surface area contributed by atoms with Gasteiger partial charge in [0.15, 0.2) is 0 Å². The second-order valence-electron chi connectivity index (χ2n) is 11.1. The van der Waals surface area contributed by atoms with Crippen LogP contribution in [0, 0.1) is 19.8 Å². The minimum atomic E-state index is -3.71. The van der Waals surface area contributed by atoms with Gasteiger partial charge in [0.05, 0.1) is 24.6 Å². The van der Waals surface area contributed by atoms with Crippen molar-refractivity contribution in [3.63, 3.8) is 0 Å². The van der Waals surface area contributed by atoms with Gasteiger partial charge < -0.3 is 14.2 Å². The van der Waals surface area contributed by atoms with Crippen molar-refractivity contribution in [3.8, 4) is 5.75 Å². The summed E-state index contributed by atoms with van der Waals surface area (Å²) in [6, 6.07) is 15.7. The Bertz CT molecular complexity index is 1440. The molecule has 8 heteroatoms. The number of hydrogen-bond acceptors (Lipinski definition) is 6. The predicted octanol–water partition coefficient (Wildman–Crippen LogP) is 6.73. The van der Waals surface area contributed by atoms with Crippen molar-refractivity contribution in [2.45, 2.75) is 77.2 Å². The van der Waals surface area contributed by atoms with Crippen LogP contribution in [0.25, 0.3) is 0 Å². The molecule has 2 aliphatic heterocycles. The minimum absolute atomic E-state index is 0.167. The second kappa shape index (κ2) is 11.0. The van der Waals surface area contributed by atoms with E-state index >= 15 is 0 Å². The molecule has 1 unspecified atom stereocenters. The molecule has 0 amide bonds. The van der Waals surface area contributed by atoms with Gasteiger partial charge in [-0.3, -0.25) is 0 Å². The SMILES string of the molecule is CC[C@@H]1CN(Cc2cc(C(c3cc(C)c(C4(C)OCCO4)s3)C(C)C)ccc2C)S(=O)(=O)c2ccccc2O1. The number of ether oxygens (including phenoxy) is 3. The van der Waals surface area contributed by atoms with Crippen LogP contribution in [-0.2, 0) is 31.8 Å². The van der Waals surface area contributed by atoms with Gasteiger partial charge in [0, 0.05) is 17.3 Å². The summed E-state index contributed by atoms with van der Waals surface area (Å²) in [5.41, 5.74) is 4.45. The molecule has 2 aromatic carbocycles. The highest BCUT2D eigenvalue weighted by Gasteiger charge is 2.38. The molecule has 3 aromatic rings. The average Bonchev–Trinajstić information content (AvgIpc) is 3.48. The molecule has 0 radical (unpaired) electrons. The molecule has 1 aromatic heterocycles. The van der Waals surface area contributed by atoms with Crippen LogP contribution in [0.5, 0.6) is 5.75 Å². The summed E-state index contributed by atoms with van der Waals surface area (Å²) in [6.07, 6.45) is 0.519. The highest BCUT2D eigenvalue weighted by atomic mass is 32.2. The topological polar surface area (TPSA) is 65.1 Å². The standard InChI is InChI=1S/C31H39NO5S2/c1-7-25-19-32(39(33,34)28-11-9-8-10-26(28)37-25)18-24-17-23(13-12-21(24)4)29(20(2)3)27-16-22(5)30(38-27)31(6)35-14-15-36-31/h8-13,16-17,20,25,29H,7,14-15,18-19H2,1-6H3/t25-,29?/m1/s1. The molecule has 2 atom stereocenters. The molecule has 0 bridgehead atoms. The normalized spacial score (nSPS) is 21.4. The van der Waals surface area contributed by atoms with E-state index in [2.05, 4.69) is 52.0 Å². The number of thiophene rings is 1. The molecule has 0 aliphatic carbocycles. The van der Waals surface area contributed by atoms with Crippen molar-refractivity contribution < 1.29 is 22.6 Å². The molecular formula is C31H39NO5S2. The summed E-state index contributed by atoms with van der Waals surface area (Å²) in [6.45, 7) is 14.5. The number of hydrogen-bond donors (Lipinski definition) is 0. The third kappa shape index (κ3) is 5.42. The van der Waals surface area contributed by atoms with Gasteiger partial charge >= 0.3 is 0 Å². The summed E-state index contributed by atoms with van der Waals surface area (Å²) in [7, 11) is -3.71. The van der Waals surface area contributed by atoms with Crippen molar-refractivity contribution in [2.24, 2.45) is 5.92 Å². The van der Waals surface area contributed by atoms with Crippen molar-refractivity contribution in [1.29, 1.82) is 0 Å². The minimum Gasteiger partial charge on any atom is -0.488 e. The van der Waals surface area contributed by atoms with Gasteiger partial charge in [-0.05, 0) is 73.6 Å². The van der Waals surface area contributed by atoms with Gasteiger partial charge in [-0.2, -0.15) is 4.31 Å². The molecule has 3 heterocycles. The van der Waals surface area contributed by atoms with Gasteiger partial charge in [-0.15, -0.1) is 11.3 Å². The van der Waals surface area contributed by atoms with E-state index in [1.807, 2.05) is 19.9 Å². The molecule has 2 aliphatic rings. The number of rotatable bonds is 7. The van der Waals surface area contributed by atoms with Crippen LogP contribution in [0.4, 0.5) is 0 Å². The number of para-hydroxylation sites is 1. The lowest BCUT2D eigenvalue weighted by molar-refractivity contribution is -0.147. The van der Waals surface area contributed by atoms with Gasteiger partial charge in [0.25, 0.3) is 0 Å². The van der Waals surface area contributed by atoms with E-state index in [1.165, 1.54) is 16.0 Å². The Labute approximate surface area is 237 Å². The number of benzene rings is 2. The third-order valence-electron chi connectivity index (χ3n) is 7.86. The maximum Gasteiger partial charge on any atom is 0.247 e. The molecule has 1 saturated heterocycles. The Hall–Kier alpha value is -2.23. The fraction of sp³-hybridized carbons (Fsp3) is 0.484. The highest BCUT2D eigenvalue weighted by molar-refractivity contribution is 7.89. The molecule has 5 rings (SSSR count). The zero-order chi connectivity index (χ0) is 27.9. The monoisotopic (exact) mass is 569 g/mol.